The van der Waals surface area contributed by atoms with Gasteiger partial charge < -0.3 is 10.5 Å². The molecule has 80 valence electrons. The number of carbonyl (C=O) groups is 1. The van der Waals surface area contributed by atoms with Gasteiger partial charge in [-0.05, 0) is 12.3 Å². The fourth-order valence-electron chi connectivity index (χ4n) is 0.685. The molecule has 0 spiro atoms. The molecular formula is C9H20ClNO2. The van der Waals surface area contributed by atoms with E-state index in [4.69, 9.17) is 10.5 Å². The van der Waals surface area contributed by atoms with Crippen LogP contribution in [0.3, 0.4) is 0 Å². The molecule has 0 aromatic carbocycles. The van der Waals surface area contributed by atoms with Crippen molar-refractivity contribution in [2.45, 2.75) is 39.7 Å². The minimum Gasteiger partial charge on any atom is -0.465 e. The van der Waals surface area contributed by atoms with Crippen LogP contribution in [0.15, 0.2) is 0 Å². The molecule has 1 unspecified atom stereocenters. The number of hydrogen-bond donors (Lipinski definition) is 1. The summed E-state index contributed by atoms with van der Waals surface area (Å²) in [6, 6.07) is -0.471. The van der Waals surface area contributed by atoms with Crippen molar-refractivity contribution in [1.29, 1.82) is 0 Å². The van der Waals surface area contributed by atoms with Crippen LogP contribution >= 0.6 is 12.4 Å². The average Bonchev–Trinajstić information content (AvgIpc) is 2.03. The van der Waals surface area contributed by atoms with E-state index in [-0.39, 0.29) is 24.3 Å². The first-order chi connectivity index (χ1) is 5.59. The van der Waals surface area contributed by atoms with Gasteiger partial charge in [0.25, 0.3) is 0 Å². The Balaban J connectivity index is 0. The maximum atomic E-state index is 11.1. The van der Waals surface area contributed by atoms with Gasteiger partial charge in [0.15, 0.2) is 0 Å². The summed E-state index contributed by atoms with van der Waals surface area (Å²) in [6.07, 6.45) is 1.95. The number of unbranched alkanes of at least 4 members (excludes halogenated alkanes) is 1. The highest BCUT2D eigenvalue weighted by Crippen LogP contribution is 2.01. The summed E-state index contributed by atoms with van der Waals surface area (Å²) in [5, 5.41) is 0. The fourth-order valence-corrected chi connectivity index (χ4v) is 0.685. The largest absolute Gasteiger partial charge is 0.465 e. The van der Waals surface area contributed by atoms with Gasteiger partial charge in [0.05, 0.1) is 6.61 Å². The molecule has 0 aliphatic carbocycles. The zero-order valence-corrected chi connectivity index (χ0v) is 9.39. The average molecular weight is 210 g/mol. The molecule has 0 aliphatic rings. The highest BCUT2D eigenvalue weighted by molar-refractivity contribution is 5.85. The van der Waals surface area contributed by atoms with E-state index in [1.54, 1.807) is 0 Å². The molecule has 4 heteroatoms. The molecule has 0 aliphatic heterocycles. The zero-order valence-electron chi connectivity index (χ0n) is 8.58. The molecule has 13 heavy (non-hydrogen) atoms. The molecule has 0 saturated carbocycles. The first-order valence-corrected chi connectivity index (χ1v) is 4.51. The van der Waals surface area contributed by atoms with Gasteiger partial charge in [0, 0.05) is 0 Å². The Morgan fingerprint density at radius 1 is 1.46 bits per heavy atom. The third-order valence-electron chi connectivity index (χ3n) is 1.73. The quantitative estimate of drug-likeness (QED) is 0.554. The third kappa shape index (κ3) is 6.84. The van der Waals surface area contributed by atoms with Crippen molar-refractivity contribution in [2.24, 2.45) is 11.7 Å². The molecule has 0 amide bonds. The standard InChI is InChI=1S/C9H19NO2.ClH/c1-4-5-6-12-9(11)8(10)7(2)3;/h7-8H,4-6,10H2,1-3H3;1H. The van der Waals surface area contributed by atoms with Crippen LogP contribution in [0.4, 0.5) is 0 Å². The van der Waals surface area contributed by atoms with Gasteiger partial charge in [-0.25, -0.2) is 0 Å². The predicted molar refractivity (Wildman–Crippen MR) is 55.9 cm³/mol. The van der Waals surface area contributed by atoms with Crippen LogP contribution in [0, 0.1) is 5.92 Å². The second-order valence-electron chi connectivity index (χ2n) is 3.29. The van der Waals surface area contributed by atoms with Gasteiger partial charge in [-0.3, -0.25) is 4.79 Å². The number of ether oxygens (including phenoxy) is 1. The SMILES string of the molecule is CCCCOC(=O)C(N)C(C)C.Cl. The third-order valence-corrected chi connectivity index (χ3v) is 1.73. The van der Waals surface area contributed by atoms with E-state index in [1.807, 2.05) is 13.8 Å². The van der Waals surface area contributed by atoms with Crippen molar-refractivity contribution in [3.8, 4) is 0 Å². The molecule has 0 aromatic heterocycles. The number of esters is 1. The van der Waals surface area contributed by atoms with Crippen molar-refractivity contribution < 1.29 is 9.53 Å². The summed E-state index contributed by atoms with van der Waals surface area (Å²) in [6.45, 7) is 6.36. The molecule has 0 rings (SSSR count). The molecule has 2 N–H and O–H groups in total. The van der Waals surface area contributed by atoms with E-state index in [2.05, 4.69) is 6.92 Å². The Morgan fingerprint density at radius 3 is 2.38 bits per heavy atom. The van der Waals surface area contributed by atoms with Gasteiger partial charge in [-0.2, -0.15) is 0 Å². The lowest BCUT2D eigenvalue weighted by molar-refractivity contribution is -0.146. The predicted octanol–water partition coefficient (Wildman–Crippen LogP) is 1.73. The Hall–Kier alpha value is -0.280. The Labute approximate surface area is 86.4 Å². The first-order valence-electron chi connectivity index (χ1n) is 4.51. The van der Waals surface area contributed by atoms with Crippen LogP contribution in [-0.2, 0) is 9.53 Å². The molecule has 0 heterocycles. The fraction of sp³-hybridized carbons (Fsp3) is 0.889. The number of hydrogen-bond acceptors (Lipinski definition) is 3. The monoisotopic (exact) mass is 209 g/mol. The second-order valence-corrected chi connectivity index (χ2v) is 3.29. The zero-order chi connectivity index (χ0) is 9.56. The maximum Gasteiger partial charge on any atom is 0.323 e. The minimum atomic E-state index is -0.471. The summed E-state index contributed by atoms with van der Waals surface area (Å²) < 4.78 is 4.94. The van der Waals surface area contributed by atoms with Gasteiger partial charge in [-0.15, -0.1) is 12.4 Å². The molecule has 0 bridgehead atoms. The topological polar surface area (TPSA) is 52.3 Å². The Morgan fingerprint density at radius 2 is 2.00 bits per heavy atom. The molecular weight excluding hydrogens is 190 g/mol. The molecule has 3 nitrogen and oxygen atoms in total. The first kappa shape index (κ1) is 15.2. The number of halogens is 1. The van der Waals surface area contributed by atoms with E-state index >= 15 is 0 Å². The summed E-state index contributed by atoms with van der Waals surface area (Å²) >= 11 is 0. The summed E-state index contributed by atoms with van der Waals surface area (Å²) in [7, 11) is 0. The van der Waals surface area contributed by atoms with Crippen molar-refractivity contribution in [3.63, 3.8) is 0 Å². The van der Waals surface area contributed by atoms with Gasteiger partial charge >= 0.3 is 5.97 Å². The van der Waals surface area contributed by atoms with Crippen molar-refractivity contribution in [2.75, 3.05) is 6.61 Å². The number of rotatable bonds is 5. The molecule has 1 atom stereocenters. The lowest BCUT2D eigenvalue weighted by Gasteiger charge is -2.13. The van der Waals surface area contributed by atoms with E-state index in [9.17, 15) is 4.79 Å². The molecule has 0 saturated heterocycles. The Kier molecular flexibility index (Phi) is 9.74. The van der Waals surface area contributed by atoms with Gasteiger partial charge in [0.2, 0.25) is 0 Å². The Bertz CT molecular complexity index is 140. The van der Waals surface area contributed by atoms with E-state index in [1.165, 1.54) is 0 Å². The van der Waals surface area contributed by atoms with Crippen molar-refractivity contribution >= 4 is 18.4 Å². The van der Waals surface area contributed by atoms with Crippen molar-refractivity contribution in [1.82, 2.24) is 0 Å². The van der Waals surface area contributed by atoms with Gasteiger partial charge in [-0.1, -0.05) is 27.2 Å². The maximum absolute atomic E-state index is 11.1. The minimum absolute atomic E-state index is 0. The number of nitrogens with two attached hydrogens (primary N) is 1. The highest BCUT2D eigenvalue weighted by Gasteiger charge is 2.17. The van der Waals surface area contributed by atoms with Crippen LogP contribution in [0.5, 0.6) is 0 Å². The van der Waals surface area contributed by atoms with E-state index < -0.39 is 6.04 Å². The van der Waals surface area contributed by atoms with Crippen LogP contribution in [0.25, 0.3) is 0 Å². The molecule has 0 aromatic rings. The summed E-state index contributed by atoms with van der Waals surface area (Å²) in [4.78, 5) is 11.1. The van der Waals surface area contributed by atoms with Gasteiger partial charge in [0.1, 0.15) is 6.04 Å². The second kappa shape index (κ2) is 8.32. The molecule has 0 fully saturated rings. The van der Waals surface area contributed by atoms with Crippen LogP contribution < -0.4 is 5.73 Å². The summed E-state index contributed by atoms with van der Waals surface area (Å²) in [5.74, 6) is -0.127. The lowest BCUT2D eigenvalue weighted by Crippen LogP contribution is -2.37. The molecule has 0 radical (unpaired) electrons. The van der Waals surface area contributed by atoms with Crippen LogP contribution in [0.2, 0.25) is 0 Å². The van der Waals surface area contributed by atoms with E-state index in [0.717, 1.165) is 12.8 Å². The normalized spacial score (nSPS) is 12.1. The number of carbonyl (C=O) groups excluding carboxylic acids is 1. The van der Waals surface area contributed by atoms with E-state index in [0.29, 0.717) is 6.61 Å². The van der Waals surface area contributed by atoms with Crippen LogP contribution in [0.1, 0.15) is 33.6 Å². The van der Waals surface area contributed by atoms with Crippen molar-refractivity contribution in [3.05, 3.63) is 0 Å². The lowest BCUT2D eigenvalue weighted by atomic mass is 10.1. The van der Waals surface area contributed by atoms with Crippen LogP contribution in [-0.4, -0.2) is 18.6 Å². The highest BCUT2D eigenvalue weighted by atomic mass is 35.5. The summed E-state index contributed by atoms with van der Waals surface area (Å²) in [5.41, 5.74) is 5.57. The smallest absolute Gasteiger partial charge is 0.323 e.